The van der Waals surface area contributed by atoms with Crippen molar-refractivity contribution in [2.24, 2.45) is 5.73 Å². The van der Waals surface area contributed by atoms with E-state index in [0.29, 0.717) is 45.4 Å². The highest BCUT2D eigenvalue weighted by molar-refractivity contribution is 7.89. The van der Waals surface area contributed by atoms with E-state index in [1.165, 1.54) is 29.2 Å². The lowest BCUT2D eigenvalue weighted by Crippen LogP contribution is -2.37. The van der Waals surface area contributed by atoms with Gasteiger partial charge in [0.15, 0.2) is 4.90 Å². The fourth-order valence-electron chi connectivity index (χ4n) is 3.31. The molecule has 0 saturated carbocycles. The van der Waals surface area contributed by atoms with E-state index < -0.39 is 37.7 Å². The average molecular weight is 556 g/mol. The molecule has 0 bridgehead atoms. The predicted octanol–water partition coefficient (Wildman–Crippen LogP) is 2.64. The van der Waals surface area contributed by atoms with Gasteiger partial charge in [-0.1, -0.05) is 37.4 Å². The third-order valence-corrected chi connectivity index (χ3v) is 6.66. The smallest absolute Gasteiger partial charge is 0.410 e. The lowest BCUT2D eigenvalue weighted by Gasteiger charge is -2.24. The fraction of sp³-hybridized carbons (Fsp3) is 0.500. The first-order valence-corrected chi connectivity index (χ1v) is 13.6. The topological polar surface area (TPSA) is 174 Å². The van der Waals surface area contributed by atoms with Crippen LogP contribution in [0.2, 0.25) is 0 Å². The third kappa shape index (κ3) is 11.7. The molecule has 0 aliphatic carbocycles. The highest BCUT2D eigenvalue weighted by Gasteiger charge is 2.25. The largest absolute Gasteiger partial charge is 0.445 e. The number of ether oxygens (including phenoxy) is 2. The van der Waals surface area contributed by atoms with E-state index in [9.17, 15) is 28.1 Å². The van der Waals surface area contributed by atoms with E-state index in [4.69, 9.17) is 15.2 Å². The molecule has 0 radical (unpaired) electrons. The van der Waals surface area contributed by atoms with Crippen LogP contribution in [0.4, 0.5) is 15.3 Å². The monoisotopic (exact) mass is 555 g/mol. The Morgan fingerprint density at radius 1 is 0.947 bits per heavy atom. The van der Waals surface area contributed by atoms with Gasteiger partial charge < -0.3 is 25.0 Å². The molecule has 1 aromatic rings. The summed E-state index contributed by atoms with van der Waals surface area (Å²) < 4.78 is 37.7. The van der Waals surface area contributed by atoms with Gasteiger partial charge in [-0.05, 0) is 38.3 Å². The molecule has 0 atom stereocenters. The second-order valence-electron chi connectivity index (χ2n) is 8.03. The lowest BCUT2D eigenvalue weighted by molar-refractivity contribution is -0.387. The maximum Gasteiger partial charge on any atom is 0.410 e. The quantitative estimate of drug-likeness (QED) is 0.112. The molecule has 0 aliphatic rings. The van der Waals surface area contributed by atoms with E-state index >= 15 is 0 Å². The van der Waals surface area contributed by atoms with Crippen molar-refractivity contribution < 1.29 is 32.4 Å². The van der Waals surface area contributed by atoms with Crippen molar-refractivity contribution in [3.05, 3.63) is 59.7 Å². The number of carbonyl (C=O) groups is 2. The minimum absolute atomic E-state index is 0.0155. The van der Waals surface area contributed by atoms with E-state index in [1.54, 1.807) is 4.90 Å². The normalized spacial score (nSPS) is 10.9. The Labute approximate surface area is 223 Å². The molecule has 14 heteroatoms. The first-order chi connectivity index (χ1) is 18.2. The molecule has 212 valence electrons. The number of hydrogen-bond donors (Lipinski definition) is 2. The Balaban J connectivity index is 2.67. The summed E-state index contributed by atoms with van der Waals surface area (Å²) in [6.45, 7) is 8.85. The summed E-state index contributed by atoms with van der Waals surface area (Å²) in [6, 6.07) is 5.05. The van der Waals surface area contributed by atoms with Gasteiger partial charge in [0.25, 0.3) is 5.69 Å². The number of amides is 2. The number of hydrogen-bond acceptors (Lipinski definition) is 9. The fourth-order valence-corrected chi connectivity index (χ4v) is 4.55. The van der Waals surface area contributed by atoms with Crippen LogP contribution < -0.4 is 10.5 Å². The number of nitrogens with zero attached hydrogens (tertiary/aromatic N) is 3. The standard InChI is InChI=1S/C24H37N5O8S/c1-3-19-36-23(30)27(17-9-13-25)15-7-8-16-28(24(31)37-20-4-2)18-10-14-26-38(34,35)22-12-6-5-11-21(22)29(32)33/h3-6,11-12,26H,1-2,7-10,13-20,25H2. The van der Waals surface area contributed by atoms with Crippen LogP contribution in [0.25, 0.3) is 0 Å². The van der Waals surface area contributed by atoms with Crippen LogP contribution in [0.3, 0.4) is 0 Å². The highest BCUT2D eigenvalue weighted by Crippen LogP contribution is 2.22. The summed E-state index contributed by atoms with van der Waals surface area (Å²) in [5.41, 5.74) is 5.03. The van der Waals surface area contributed by atoms with Crippen LogP contribution in [0.15, 0.2) is 54.5 Å². The van der Waals surface area contributed by atoms with Crippen LogP contribution in [0.1, 0.15) is 25.7 Å². The van der Waals surface area contributed by atoms with Crippen LogP contribution in [-0.2, 0) is 19.5 Å². The summed E-state index contributed by atoms with van der Waals surface area (Å²) in [7, 11) is -4.13. The molecule has 1 rings (SSSR count). The van der Waals surface area contributed by atoms with Crippen molar-refractivity contribution >= 4 is 27.9 Å². The van der Waals surface area contributed by atoms with Gasteiger partial charge in [-0.25, -0.2) is 22.7 Å². The molecule has 13 nitrogen and oxygen atoms in total. The molecule has 1 aromatic carbocycles. The molecular formula is C24H37N5O8S. The number of nitrogens with one attached hydrogen (secondary N) is 1. The first-order valence-electron chi connectivity index (χ1n) is 12.2. The predicted molar refractivity (Wildman–Crippen MR) is 142 cm³/mol. The van der Waals surface area contributed by atoms with Gasteiger partial charge in [-0.2, -0.15) is 0 Å². The van der Waals surface area contributed by atoms with Crippen molar-refractivity contribution in [1.29, 1.82) is 0 Å². The van der Waals surface area contributed by atoms with Gasteiger partial charge in [-0.3, -0.25) is 10.1 Å². The zero-order valence-electron chi connectivity index (χ0n) is 21.5. The SMILES string of the molecule is C=CCOC(=O)N(CCCN)CCCCN(CCCNS(=O)(=O)c1ccccc1[N+](=O)[O-])C(=O)OCC=C. The molecule has 0 fully saturated rings. The average Bonchev–Trinajstić information content (AvgIpc) is 2.90. The molecule has 3 N–H and O–H groups in total. The molecule has 38 heavy (non-hydrogen) atoms. The van der Waals surface area contributed by atoms with Gasteiger partial charge in [-0.15, -0.1) is 0 Å². The van der Waals surface area contributed by atoms with Gasteiger partial charge in [0.05, 0.1) is 4.92 Å². The molecule has 0 heterocycles. The first kappa shape index (κ1) is 32.5. The van der Waals surface area contributed by atoms with Crippen LogP contribution in [-0.4, -0.2) is 87.8 Å². The molecule has 0 aliphatic heterocycles. The number of sulfonamides is 1. The number of unbranched alkanes of at least 4 members (excludes halogenated alkanes) is 1. The van der Waals surface area contributed by atoms with Crippen molar-refractivity contribution in [2.45, 2.75) is 30.6 Å². The number of nitrogens with two attached hydrogens (primary N) is 1. The Hall–Kier alpha value is -3.49. The Bertz CT molecular complexity index is 1030. The van der Waals surface area contributed by atoms with Crippen molar-refractivity contribution in [2.75, 3.05) is 52.5 Å². The second kappa shape index (κ2) is 17.9. The molecule has 2 amide bonds. The van der Waals surface area contributed by atoms with E-state index in [1.807, 2.05) is 0 Å². The highest BCUT2D eigenvalue weighted by atomic mass is 32.2. The molecular weight excluding hydrogens is 518 g/mol. The summed E-state index contributed by atoms with van der Waals surface area (Å²) in [4.78, 5) is 37.6. The van der Waals surface area contributed by atoms with E-state index in [0.717, 1.165) is 12.1 Å². The minimum atomic E-state index is -4.13. The van der Waals surface area contributed by atoms with Crippen molar-refractivity contribution in [3.8, 4) is 0 Å². The number of rotatable bonds is 19. The third-order valence-electron chi connectivity index (χ3n) is 5.15. The number of carbonyl (C=O) groups excluding carboxylic acids is 2. The molecule has 0 unspecified atom stereocenters. The Kier molecular flexibility index (Phi) is 15.3. The van der Waals surface area contributed by atoms with Crippen molar-refractivity contribution in [1.82, 2.24) is 14.5 Å². The molecule has 0 saturated heterocycles. The van der Waals surface area contributed by atoms with Gasteiger partial charge in [0.2, 0.25) is 10.0 Å². The van der Waals surface area contributed by atoms with Gasteiger partial charge in [0, 0.05) is 38.8 Å². The zero-order valence-corrected chi connectivity index (χ0v) is 22.3. The van der Waals surface area contributed by atoms with Crippen LogP contribution >= 0.6 is 0 Å². The molecule has 0 aromatic heterocycles. The summed E-state index contributed by atoms with van der Waals surface area (Å²) in [5, 5.41) is 11.2. The number of benzene rings is 1. The van der Waals surface area contributed by atoms with Crippen LogP contribution in [0.5, 0.6) is 0 Å². The Morgan fingerprint density at radius 2 is 1.45 bits per heavy atom. The number of nitro groups is 1. The Morgan fingerprint density at radius 3 is 1.95 bits per heavy atom. The number of para-hydroxylation sites is 1. The maximum absolute atomic E-state index is 12.6. The van der Waals surface area contributed by atoms with Crippen LogP contribution in [0, 0.1) is 10.1 Å². The maximum atomic E-state index is 12.6. The van der Waals surface area contributed by atoms with Gasteiger partial charge >= 0.3 is 12.2 Å². The van der Waals surface area contributed by atoms with E-state index in [-0.39, 0.29) is 32.7 Å². The summed E-state index contributed by atoms with van der Waals surface area (Å²) >= 11 is 0. The zero-order chi connectivity index (χ0) is 28.4. The van der Waals surface area contributed by atoms with E-state index in [2.05, 4.69) is 17.9 Å². The summed E-state index contributed by atoms with van der Waals surface area (Å²) in [6.07, 6.45) is 3.82. The second-order valence-corrected chi connectivity index (χ2v) is 9.77. The molecule has 0 spiro atoms. The minimum Gasteiger partial charge on any atom is -0.445 e. The van der Waals surface area contributed by atoms with Gasteiger partial charge in [0.1, 0.15) is 13.2 Å². The summed E-state index contributed by atoms with van der Waals surface area (Å²) in [5.74, 6) is 0. The number of nitro benzene ring substituents is 1. The van der Waals surface area contributed by atoms with Crippen molar-refractivity contribution in [3.63, 3.8) is 0 Å². The lowest BCUT2D eigenvalue weighted by atomic mass is 10.2.